The molecule has 11 heteroatoms. The van der Waals surface area contributed by atoms with Gasteiger partial charge in [-0.3, -0.25) is 10.1 Å². The summed E-state index contributed by atoms with van der Waals surface area (Å²) < 4.78 is 37.1. The molecule has 0 atom stereocenters. The molecule has 1 aromatic carbocycles. The molecule has 1 amide bonds. The van der Waals surface area contributed by atoms with E-state index in [1.54, 1.807) is 13.8 Å². The van der Waals surface area contributed by atoms with Gasteiger partial charge in [0.25, 0.3) is 5.91 Å². The van der Waals surface area contributed by atoms with Gasteiger partial charge in [-0.25, -0.2) is 18.2 Å². The maximum absolute atomic E-state index is 12.8. The van der Waals surface area contributed by atoms with Crippen LogP contribution < -0.4 is 5.32 Å². The number of rotatable bonds is 6. The quantitative estimate of drug-likeness (QED) is 0.684. The molecular weight excluding hydrogens is 418 g/mol. The summed E-state index contributed by atoms with van der Waals surface area (Å²) in [5, 5.41) is 2.84. The number of aryl methyl sites for hydroxylation is 1. The molecule has 1 saturated heterocycles. The van der Waals surface area contributed by atoms with Crippen LogP contribution in [0.4, 0.5) is 5.13 Å². The van der Waals surface area contributed by atoms with Gasteiger partial charge in [0.2, 0.25) is 10.0 Å². The summed E-state index contributed by atoms with van der Waals surface area (Å²) in [5.41, 5.74) is 0.622. The van der Waals surface area contributed by atoms with Crippen LogP contribution in [0.1, 0.15) is 32.6 Å². The van der Waals surface area contributed by atoms with Gasteiger partial charge in [-0.1, -0.05) is 17.4 Å². The lowest BCUT2D eigenvalue weighted by atomic mass is 10.2. The standard InChI is InChI=1S/C18H21N3O6S2/c1-3-27-17(23)15-12(2)19-18(28-15)20-16(22)13-5-4-6-14(11-13)29(24,25)21-7-9-26-10-8-21/h4-6,11H,3,7-10H2,1-2H3,(H,19,20,22). The Bertz CT molecular complexity index is 1010. The van der Waals surface area contributed by atoms with Crippen molar-refractivity contribution in [1.82, 2.24) is 9.29 Å². The second-order valence-electron chi connectivity index (χ2n) is 6.15. The molecule has 0 spiro atoms. The molecule has 1 fully saturated rings. The molecule has 29 heavy (non-hydrogen) atoms. The number of sulfonamides is 1. The van der Waals surface area contributed by atoms with Gasteiger partial charge in [-0.05, 0) is 32.0 Å². The number of hydrogen-bond acceptors (Lipinski definition) is 8. The fourth-order valence-corrected chi connectivity index (χ4v) is 5.05. The summed E-state index contributed by atoms with van der Waals surface area (Å²) in [7, 11) is -3.71. The number of amides is 1. The molecule has 0 radical (unpaired) electrons. The van der Waals surface area contributed by atoms with Gasteiger partial charge in [-0.15, -0.1) is 0 Å². The fraction of sp³-hybridized carbons (Fsp3) is 0.389. The third-order valence-corrected chi connectivity index (χ3v) is 7.13. The molecule has 3 rings (SSSR count). The largest absolute Gasteiger partial charge is 0.462 e. The van der Waals surface area contributed by atoms with Crippen molar-refractivity contribution in [3.63, 3.8) is 0 Å². The highest BCUT2D eigenvalue weighted by molar-refractivity contribution is 7.89. The zero-order valence-electron chi connectivity index (χ0n) is 16.0. The van der Waals surface area contributed by atoms with Crippen LogP contribution in [0.3, 0.4) is 0 Å². The second-order valence-corrected chi connectivity index (χ2v) is 9.09. The first-order valence-corrected chi connectivity index (χ1v) is 11.2. The van der Waals surface area contributed by atoms with Crippen molar-refractivity contribution in [2.45, 2.75) is 18.7 Å². The zero-order valence-corrected chi connectivity index (χ0v) is 17.6. The molecule has 1 aliphatic rings. The number of morpholine rings is 1. The van der Waals surface area contributed by atoms with E-state index in [0.29, 0.717) is 23.8 Å². The number of hydrogen-bond donors (Lipinski definition) is 1. The van der Waals surface area contributed by atoms with Crippen LogP contribution in [0.25, 0.3) is 0 Å². The Morgan fingerprint density at radius 3 is 2.72 bits per heavy atom. The molecule has 0 aliphatic carbocycles. The summed E-state index contributed by atoms with van der Waals surface area (Å²) in [6, 6.07) is 5.81. The zero-order chi connectivity index (χ0) is 21.0. The second kappa shape index (κ2) is 8.99. The maximum atomic E-state index is 12.8. The molecule has 156 valence electrons. The number of benzene rings is 1. The predicted molar refractivity (Wildman–Crippen MR) is 107 cm³/mol. The first-order chi connectivity index (χ1) is 13.8. The monoisotopic (exact) mass is 439 g/mol. The van der Waals surface area contributed by atoms with E-state index in [1.807, 2.05) is 0 Å². The van der Waals surface area contributed by atoms with Crippen LogP contribution in [0.15, 0.2) is 29.2 Å². The number of aromatic nitrogens is 1. The van der Waals surface area contributed by atoms with Crippen LogP contribution in [-0.2, 0) is 19.5 Å². The number of nitrogens with zero attached hydrogens (tertiary/aromatic N) is 2. The number of carbonyl (C=O) groups is 2. The van der Waals surface area contributed by atoms with E-state index in [-0.39, 0.29) is 35.3 Å². The highest BCUT2D eigenvalue weighted by Crippen LogP contribution is 2.24. The number of carbonyl (C=O) groups excluding carboxylic acids is 2. The van der Waals surface area contributed by atoms with Gasteiger partial charge < -0.3 is 9.47 Å². The van der Waals surface area contributed by atoms with Gasteiger partial charge in [-0.2, -0.15) is 4.31 Å². The summed E-state index contributed by atoms with van der Waals surface area (Å²) in [6.07, 6.45) is 0. The molecule has 0 unspecified atom stereocenters. The molecule has 1 N–H and O–H groups in total. The minimum atomic E-state index is -3.71. The Balaban J connectivity index is 1.78. The molecular formula is C18H21N3O6S2. The normalized spacial score (nSPS) is 15.1. The van der Waals surface area contributed by atoms with Gasteiger partial charge >= 0.3 is 5.97 Å². The van der Waals surface area contributed by atoms with Crippen molar-refractivity contribution in [2.75, 3.05) is 38.2 Å². The topological polar surface area (TPSA) is 115 Å². The molecule has 2 heterocycles. The number of ether oxygens (including phenoxy) is 2. The first-order valence-electron chi connectivity index (χ1n) is 8.96. The van der Waals surface area contributed by atoms with Crippen molar-refractivity contribution >= 4 is 38.4 Å². The lowest BCUT2D eigenvalue weighted by Crippen LogP contribution is -2.40. The van der Waals surface area contributed by atoms with Crippen LogP contribution in [0.5, 0.6) is 0 Å². The van der Waals surface area contributed by atoms with Crippen LogP contribution in [0.2, 0.25) is 0 Å². The third kappa shape index (κ3) is 4.81. The van der Waals surface area contributed by atoms with E-state index < -0.39 is 21.9 Å². The van der Waals surface area contributed by atoms with E-state index in [9.17, 15) is 18.0 Å². The Morgan fingerprint density at radius 1 is 1.31 bits per heavy atom. The Hall–Kier alpha value is -2.34. The number of esters is 1. The predicted octanol–water partition coefficient (Wildman–Crippen LogP) is 1.90. The first kappa shape index (κ1) is 21.4. The maximum Gasteiger partial charge on any atom is 0.350 e. The van der Waals surface area contributed by atoms with Gasteiger partial charge in [0.1, 0.15) is 4.88 Å². The Morgan fingerprint density at radius 2 is 2.03 bits per heavy atom. The van der Waals surface area contributed by atoms with E-state index in [0.717, 1.165) is 11.3 Å². The van der Waals surface area contributed by atoms with E-state index in [2.05, 4.69) is 10.3 Å². The molecule has 1 aliphatic heterocycles. The lowest BCUT2D eigenvalue weighted by molar-refractivity contribution is 0.0531. The van der Waals surface area contributed by atoms with Crippen molar-refractivity contribution in [3.05, 3.63) is 40.4 Å². The SMILES string of the molecule is CCOC(=O)c1sc(NC(=O)c2cccc(S(=O)(=O)N3CCOCC3)c2)nc1C. The molecule has 2 aromatic rings. The number of nitrogens with one attached hydrogen (secondary N) is 1. The van der Waals surface area contributed by atoms with Gasteiger partial charge in [0, 0.05) is 18.7 Å². The van der Waals surface area contributed by atoms with Crippen LogP contribution in [0, 0.1) is 6.92 Å². The molecule has 0 saturated carbocycles. The lowest BCUT2D eigenvalue weighted by Gasteiger charge is -2.26. The Labute approximate surface area is 172 Å². The van der Waals surface area contributed by atoms with Gasteiger partial charge in [0.05, 0.1) is 30.4 Å². The molecule has 1 aromatic heterocycles. The van der Waals surface area contributed by atoms with Crippen molar-refractivity contribution in [3.8, 4) is 0 Å². The summed E-state index contributed by atoms with van der Waals surface area (Å²) in [5.74, 6) is -1.02. The van der Waals surface area contributed by atoms with Crippen molar-refractivity contribution < 1.29 is 27.5 Å². The van der Waals surface area contributed by atoms with Crippen molar-refractivity contribution in [2.24, 2.45) is 0 Å². The average molecular weight is 440 g/mol. The molecule has 0 bridgehead atoms. The van der Waals surface area contributed by atoms with E-state index >= 15 is 0 Å². The highest BCUT2D eigenvalue weighted by Gasteiger charge is 2.27. The minimum Gasteiger partial charge on any atom is -0.462 e. The third-order valence-electron chi connectivity index (χ3n) is 4.18. The minimum absolute atomic E-state index is 0.0366. The Kier molecular flexibility index (Phi) is 6.63. The molecule has 9 nitrogen and oxygen atoms in total. The summed E-state index contributed by atoms with van der Waals surface area (Å²) >= 11 is 1.01. The summed E-state index contributed by atoms with van der Waals surface area (Å²) in [4.78, 5) is 29.0. The van der Waals surface area contributed by atoms with Crippen molar-refractivity contribution in [1.29, 1.82) is 0 Å². The van der Waals surface area contributed by atoms with Crippen LogP contribution in [-0.4, -0.2) is 62.5 Å². The highest BCUT2D eigenvalue weighted by atomic mass is 32.2. The average Bonchev–Trinajstić information content (AvgIpc) is 3.09. The smallest absolute Gasteiger partial charge is 0.350 e. The number of anilines is 1. The number of thiazole rings is 1. The van der Waals surface area contributed by atoms with Gasteiger partial charge in [0.15, 0.2) is 5.13 Å². The fourth-order valence-electron chi connectivity index (χ4n) is 2.74. The van der Waals surface area contributed by atoms with E-state index in [4.69, 9.17) is 9.47 Å². The van der Waals surface area contributed by atoms with Crippen LogP contribution >= 0.6 is 11.3 Å². The van der Waals surface area contributed by atoms with E-state index in [1.165, 1.54) is 28.6 Å². The summed E-state index contributed by atoms with van der Waals surface area (Å²) in [6.45, 7) is 4.81.